The van der Waals surface area contributed by atoms with Crippen molar-refractivity contribution in [3.8, 4) is 11.5 Å². The molecule has 4 rings (SSSR count). The predicted molar refractivity (Wildman–Crippen MR) is 120 cm³/mol. The second-order valence-electron chi connectivity index (χ2n) is 6.18. The molecule has 11 heteroatoms. The molecule has 0 aliphatic carbocycles. The normalized spacial score (nSPS) is 11.3. The predicted octanol–water partition coefficient (Wildman–Crippen LogP) is 5.09. The summed E-state index contributed by atoms with van der Waals surface area (Å²) >= 11 is 8.36. The zero-order valence-corrected chi connectivity index (χ0v) is 18.9. The van der Waals surface area contributed by atoms with Crippen molar-refractivity contribution in [3.63, 3.8) is 0 Å². The fourth-order valence-corrected chi connectivity index (χ4v) is 3.26. The second-order valence-corrected chi connectivity index (χ2v) is 7.53. The van der Waals surface area contributed by atoms with Gasteiger partial charge >= 0.3 is 0 Å². The first-order valence-electron chi connectivity index (χ1n) is 8.91. The Morgan fingerprint density at radius 1 is 1.07 bits per heavy atom. The van der Waals surface area contributed by atoms with E-state index >= 15 is 0 Å². The molecule has 0 radical (unpaired) electrons. The number of aromatic nitrogens is 6. The first-order chi connectivity index (χ1) is 14.5. The number of anilines is 2. The molecule has 152 valence electrons. The molecule has 0 bridgehead atoms. The van der Waals surface area contributed by atoms with Gasteiger partial charge in [0.25, 0.3) is 11.8 Å². The Hall–Kier alpha value is -2.86. The van der Waals surface area contributed by atoms with Crippen LogP contribution in [0.2, 0.25) is 5.15 Å². The minimum absolute atomic E-state index is 0.312. The number of hydrogen-bond acceptors (Lipinski definition) is 9. The van der Waals surface area contributed by atoms with E-state index in [0.29, 0.717) is 40.0 Å². The van der Waals surface area contributed by atoms with Gasteiger partial charge in [-0.1, -0.05) is 28.8 Å². The summed E-state index contributed by atoms with van der Waals surface area (Å²) in [5, 5.41) is 8.01. The highest BCUT2D eigenvalue weighted by Crippen LogP contribution is 2.32. The SMILES string of the molecule is CCc1noc(/C=C/c2cncc(N(I)c3cc(-c4nc(C)no4)cc(Cl)n3)c2)n1. The zero-order valence-electron chi connectivity index (χ0n) is 16.0. The van der Waals surface area contributed by atoms with E-state index in [1.165, 1.54) is 0 Å². The second kappa shape index (κ2) is 8.88. The Bertz CT molecular complexity index is 1210. The van der Waals surface area contributed by atoms with E-state index in [4.69, 9.17) is 20.6 Å². The highest BCUT2D eigenvalue weighted by atomic mass is 127. The highest BCUT2D eigenvalue weighted by Gasteiger charge is 2.14. The third-order valence-corrected chi connectivity index (χ3v) is 5.19. The van der Waals surface area contributed by atoms with Gasteiger partial charge in [-0.2, -0.15) is 9.97 Å². The molecule has 0 aliphatic heterocycles. The van der Waals surface area contributed by atoms with Crippen LogP contribution in [-0.2, 0) is 6.42 Å². The number of pyridine rings is 2. The average Bonchev–Trinajstić information content (AvgIpc) is 3.40. The Morgan fingerprint density at radius 2 is 1.93 bits per heavy atom. The van der Waals surface area contributed by atoms with Crippen molar-refractivity contribution in [2.75, 3.05) is 3.11 Å². The zero-order chi connectivity index (χ0) is 21.1. The molecule has 4 aromatic rings. The van der Waals surface area contributed by atoms with Crippen molar-refractivity contribution in [1.29, 1.82) is 0 Å². The van der Waals surface area contributed by atoms with Crippen molar-refractivity contribution in [2.24, 2.45) is 0 Å². The molecule has 0 saturated heterocycles. The smallest absolute Gasteiger partial charge is 0.258 e. The summed E-state index contributed by atoms with van der Waals surface area (Å²) in [6.45, 7) is 3.72. The monoisotopic (exact) mass is 535 g/mol. The van der Waals surface area contributed by atoms with E-state index in [-0.39, 0.29) is 0 Å². The molecule has 0 spiro atoms. The lowest BCUT2D eigenvalue weighted by Crippen LogP contribution is -2.04. The Labute approximate surface area is 190 Å². The van der Waals surface area contributed by atoms with Crippen molar-refractivity contribution in [1.82, 2.24) is 30.2 Å². The summed E-state index contributed by atoms with van der Waals surface area (Å²) in [5.74, 6) is 2.63. The van der Waals surface area contributed by atoms with Crippen molar-refractivity contribution < 1.29 is 9.05 Å². The minimum atomic E-state index is 0.312. The number of nitrogens with zero attached hydrogens (tertiary/aromatic N) is 7. The maximum atomic E-state index is 6.22. The van der Waals surface area contributed by atoms with Gasteiger partial charge in [-0.3, -0.25) is 8.10 Å². The van der Waals surface area contributed by atoms with Crippen molar-refractivity contribution >= 4 is 58.1 Å². The lowest BCUT2D eigenvalue weighted by atomic mass is 10.2. The summed E-state index contributed by atoms with van der Waals surface area (Å²) in [7, 11) is 0. The molecule has 0 fully saturated rings. The summed E-state index contributed by atoms with van der Waals surface area (Å²) < 4.78 is 12.2. The third kappa shape index (κ3) is 4.65. The molecule has 0 unspecified atom stereocenters. The van der Waals surface area contributed by atoms with Gasteiger partial charge in [-0.05, 0) is 36.8 Å². The standard InChI is InChI=1S/C19H15ClIN7O2/c1-3-16-25-18(29-27-16)5-4-12-6-14(10-22-9-12)28(21)17-8-13(7-15(20)24-17)19-23-11(2)26-30-19/h4-10H,3H2,1-2H3/b5-4+. The van der Waals surface area contributed by atoms with Gasteiger partial charge in [0.2, 0.25) is 0 Å². The van der Waals surface area contributed by atoms with Crippen LogP contribution in [0.3, 0.4) is 0 Å². The molecule has 0 aliphatic rings. The maximum absolute atomic E-state index is 6.22. The molecule has 0 saturated carbocycles. The van der Waals surface area contributed by atoms with E-state index < -0.39 is 0 Å². The van der Waals surface area contributed by atoms with Gasteiger partial charge in [-0.15, -0.1) is 0 Å². The van der Waals surface area contributed by atoms with Crippen LogP contribution in [0.5, 0.6) is 0 Å². The van der Waals surface area contributed by atoms with E-state index in [9.17, 15) is 0 Å². The van der Waals surface area contributed by atoms with Gasteiger partial charge in [0, 0.05) is 24.3 Å². The van der Waals surface area contributed by atoms with Crippen LogP contribution < -0.4 is 3.11 Å². The van der Waals surface area contributed by atoms with Gasteiger partial charge < -0.3 is 9.05 Å². The molecule has 4 aromatic heterocycles. The van der Waals surface area contributed by atoms with E-state index in [0.717, 1.165) is 17.7 Å². The summed E-state index contributed by atoms with van der Waals surface area (Å²) in [4.78, 5) is 17.2. The Balaban J connectivity index is 1.60. The molecule has 0 atom stereocenters. The van der Waals surface area contributed by atoms with Gasteiger partial charge in [0.05, 0.1) is 34.7 Å². The molecule has 4 heterocycles. The van der Waals surface area contributed by atoms with Gasteiger partial charge in [0.15, 0.2) is 11.6 Å². The fourth-order valence-electron chi connectivity index (χ4n) is 2.54. The quantitative estimate of drug-likeness (QED) is 0.189. The molecular formula is C19H15ClIN7O2. The highest BCUT2D eigenvalue weighted by molar-refractivity contribution is 14.1. The molecule has 9 nitrogen and oxygen atoms in total. The van der Waals surface area contributed by atoms with Crippen LogP contribution in [0, 0.1) is 6.92 Å². The van der Waals surface area contributed by atoms with Crippen molar-refractivity contribution in [2.45, 2.75) is 20.3 Å². The number of rotatable bonds is 6. The summed E-state index contributed by atoms with van der Waals surface area (Å²) in [6, 6.07) is 5.44. The molecular weight excluding hydrogens is 521 g/mol. The molecule has 0 aromatic carbocycles. The lowest BCUT2D eigenvalue weighted by molar-refractivity contribution is 0.403. The maximum Gasteiger partial charge on any atom is 0.258 e. The summed E-state index contributed by atoms with van der Waals surface area (Å²) in [6.07, 6.45) is 7.78. The topological polar surface area (TPSA) is 107 Å². The van der Waals surface area contributed by atoms with E-state index in [2.05, 4.69) is 53.1 Å². The van der Waals surface area contributed by atoms with Crippen LogP contribution in [0.4, 0.5) is 11.5 Å². The number of hydrogen-bond donors (Lipinski definition) is 0. The summed E-state index contributed by atoms with van der Waals surface area (Å²) in [5.41, 5.74) is 2.35. The van der Waals surface area contributed by atoms with Gasteiger partial charge in [0.1, 0.15) is 11.0 Å². The van der Waals surface area contributed by atoms with Crippen LogP contribution in [0.15, 0.2) is 39.6 Å². The minimum Gasteiger partial charge on any atom is -0.335 e. The Kier molecular flexibility index (Phi) is 6.04. The Morgan fingerprint density at radius 3 is 2.67 bits per heavy atom. The van der Waals surface area contributed by atoms with Crippen molar-refractivity contribution in [3.05, 3.63) is 58.8 Å². The van der Waals surface area contributed by atoms with E-state index in [1.807, 2.05) is 28.2 Å². The number of aryl methyl sites for hydroxylation is 2. The first-order valence-corrected chi connectivity index (χ1v) is 10.3. The first kappa shape index (κ1) is 20.4. The van der Waals surface area contributed by atoms with Crippen LogP contribution in [0.25, 0.3) is 23.6 Å². The van der Waals surface area contributed by atoms with Crippen LogP contribution in [0.1, 0.15) is 30.0 Å². The molecule has 0 N–H and O–H groups in total. The van der Waals surface area contributed by atoms with Crippen LogP contribution in [-0.4, -0.2) is 30.2 Å². The average molecular weight is 536 g/mol. The third-order valence-electron chi connectivity index (χ3n) is 3.95. The van der Waals surface area contributed by atoms with E-state index in [1.54, 1.807) is 31.5 Å². The van der Waals surface area contributed by atoms with Gasteiger partial charge in [-0.25, -0.2) is 4.98 Å². The fraction of sp³-hybridized carbons (Fsp3) is 0.158. The number of halogens is 2. The van der Waals surface area contributed by atoms with Crippen LogP contribution >= 0.6 is 34.5 Å². The lowest BCUT2D eigenvalue weighted by Gasteiger charge is -2.16. The molecule has 0 amide bonds. The molecule has 30 heavy (non-hydrogen) atoms. The largest absolute Gasteiger partial charge is 0.335 e.